The molecule has 0 aliphatic carbocycles. The Kier molecular flexibility index (Phi) is 4.05. The molecule has 0 saturated carbocycles. The Morgan fingerprint density at radius 3 is 2.58 bits per heavy atom. The summed E-state index contributed by atoms with van der Waals surface area (Å²) >= 11 is 0. The highest BCUT2D eigenvalue weighted by Gasteiger charge is 2.12. The Morgan fingerprint density at radius 2 is 2.00 bits per heavy atom. The molecule has 0 radical (unpaired) electrons. The van der Waals surface area contributed by atoms with Crippen molar-refractivity contribution in [3.8, 4) is 0 Å². The van der Waals surface area contributed by atoms with Crippen molar-refractivity contribution in [2.45, 2.75) is 26.3 Å². The van der Waals surface area contributed by atoms with E-state index in [0.717, 1.165) is 17.8 Å². The fourth-order valence-electron chi connectivity index (χ4n) is 2.41. The van der Waals surface area contributed by atoms with Crippen LogP contribution in [0.3, 0.4) is 0 Å². The van der Waals surface area contributed by atoms with Gasteiger partial charge < -0.3 is 10.2 Å². The number of pyridine rings is 1. The summed E-state index contributed by atoms with van der Waals surface area (Å²) in [5.74, 6) is 0.482. The Bertz CT molecular complexity index is 573. The molecule has 1 N–H and O–H groups in total. The third kappa shape index (κ3) is 2.71. The van der Waals surface area contributed by atoms with Gasteiger partial charge in [0.2, 0.25) is 0 Å². The van der Waals surface area contributed by atoms with Crippen molar-refractivity contribution in [2.24, 2.45) is 0 Å². The first-order valence-corrected chi connectivity index (χ1v) is 6.79. The molecular formula is C16H23N3. The van der Waals surface area contributed by atoms with E-state index in [0.29, 0.717) is 5.92 Å². The van der Waals surface area contributed by atoms with E-state index in [1.807, 2.05) is 7.05 Å². The summed E-state index contributed by atoms with van der Waals surface area (Å²) in [6.45, 7) is 5.23. The zero-order valence-electron chi connectivity index (χ0n) is 12.5. The largest absolute Gasteiger partial charge is 0.377 e. The van der Waals surface area contributed by atoms with Gasteiger partial charge in [-0.05, 0) is 24.6 Å². The van der Waals surface area contributed by atoms with Crippen LogP contribution in [0.1, 0.15) is 31.0 Å². The Morgan fingerprint density at radius 1 is 1.26 bits per heavy atom. The Hall–Kier alpha value is -1.61. The van der Waals surface area contributed by atoms with Gasteiger partial charge in [0.25, 0.3) is 0 Å². The van der Waals surface area contributed by atoms with Crippen LogP contribution in [0.4, 0.5) is 5.69 Å². The Labute approximate surface area is 115 Å². The van der Waals surface area contributed by atoms with Gasteiger partial charge in [-0.1, -0.05) is 32.0 Å². The van der Waals surface area contributed by atoms with Gasteiger partial charge in [0.15, 0.2) is 0 Å². The summed E-state index contributed by atoms with van der Waals surface area (Å²) in [5, 5.41) is 4.41. The quantitative estimate of drug-likeness (QED) is 0.912. The summed E-state index contributed by atoms with van der Waals surface area (Å²) in [4.78, 5) is 7.00. The van der Waals surface area contributed by atoms with Crippen LogP contribution in [0, 0.1) is 0 Å². The molecule has 0 fully saturated rings. The summed E-state index contributed by atoms with van der Waals surface area (Å²) < 4.78 is 0. The van der Waals surface area contributed by atoms with Gasteiger partial charge in [0.1, 0.15) is 0 Å². The van der Waals surface area contributed by atoms with E-state index in [9.17, 15) is 0 Å². The lowest BCUT2D eigenvalue weighted by Gasteiger charge is -2.19. The lowest BCUT2D eigenvalue weighted by molar-refractivity contribution is 0.792. The molecule has 0 spiro atoms. The second-order valence-electron chi connectivity index (χ2n) is 5.46. The molecular weight excluding hydrogens is 234 g/mol. The van der Waals surface area contributed by atoms with Crippen LogP contribution in [-0.4, -0.2) is 26.1 Å². The number of hydrogen-bond donors (Lipinski definition) is 1. The van der Waals surface area contributed by atoms with E-state index >= 15 is 0 Å². The van der Waals surface area contributed by atoms with Crippen molar-refractivity contribution in [1.82, 2.24) is 10.3 Å². The maximum Gasteiger partial charge on any atom is 0.0761 e. The van der Waals surface area contributed by atoms with Crippen molar-refractivity contribution >= 4 is 16.6 Å². The number of rotatable bonds is 4. The standard InChI is InChI=1S/C16H23N3/c1-11(2)13-7-6-8-14-15(19(4)5)9-12(10-17-3)18-16(13)14/h6-9,11,17H,10H2,1-5H3. The van der Waals surface area contributed by atoms with Gasteiger partial charge >= 0.3 is 0 Å². The summed E-state index contributed by atoms with van der Waals surface area (Å²) in [6.07, 6.45) is 0. The van der Waals surface area contributed by atoms with Gasteiger partial charge in [-0.15, -0.1) is 0 Å². The summed E-state index contributed by atoms with van der Waals surface area (Å²) in [5.41, 5.74) is 4.78. The van der Waals surface area contributed by atoms with Gasteiger partial charge in [-0.3, -0.25) is 4.98 Å². The fourth-order valence-corrected chi connectivity index (χ4v) is 2.41. The smallest absolute Gasteiger partial charge is 0.0761 e. The van der Waals surface area contributed by atoms with E-state index in [-0.39, 0.29) is 0 Å². The van der Waals surface area contributed by atoms with E-state index in [2.05, 4.69) is 62.4 Å². The molecule has 0 aliphatic rings. The summed E-state index contributed by atoms with van der Waals surface area (Å²) in [6, 6.07) is 8.64. The fraction of sp³-hybridized carbons (Fsp3) is 0.438. The van der Waals surface area contributed by atoms with Crippen LogP contribution < -0.4 is 10.2 Å². The monoisotopic (exact) mass is 257 g/mol. The molecule has 0 atom stereocenters. The third-order valence-corrected chi connectivity index (χ3v) is 3.36. The van der Waals surface area contributed by atoms with Crippen LogP contribution in [-0.2, 0) is 6.54 Å². The number of fused-ring (bicyclic) bond motifs is 1. The molecule has 19 heavy (non-hydrogen) atoms. The van der Waals surface area contributed by atoms with Crippen molar-refractivity contribution in [1.29, 1.82) is 0 Å². The lowest BCUT2D eigenvalue weighted by Crippen LogP contribution is -2.13. The first-order valence-electron chi connectivity index (χ1n) is 6.79. The first-order chi connectivity index (χ1) is 9.04. The van der Waals surface area contributed by atoms with Crippen molar-refractivity contribution < 1.29 is 0 Å². The molecule has 3 nitrogen and oxygen atoms in total. The van der Waals surface area contributed by atoms with Gasteiger partial charge in [-0.2, -0.15) is 0 Å². The first kappa shape index (κ1) is 13.8. The van der Waals surface area contributed by atoms with Crippen LogP contribution in [0.5, 0.6) is 0 Å². The second-order valence-corrected chi connectivity index (χ2v) is 5.46. The number of nitrogens with zero attached hydrogens (tertiary/aromatic N) is 2. The van der Waals surface area contributed by atoms with Crippen molar-refractivity contribution in [3.63, 3.8) is 0 Å². The van der Waals surface area contributed by atoms with E-state index < -0.39 is 0 Å². The van der Waals surface area contributed by atoms with E-state index in [1.165, 1.54) is 16.6 Å². The molecule has 3 heteroatoms. The molecule has 2 rings (SSSR count). The van der Waals surface area contributed by atoms with E-state index in [4.69, 9.17) is 4.98 Å². The molecule has 1 aromatic heterocycles. The second kappa shape index (κ2) is 5.57. The van der Waals surface area contributed by atoms with Crippen molar-refractivity contribution in [2.75, 3.05) is 26.0 Å². The number of hydrogen-bond acceptors (Lipinski definition) is 3. The lowest BCUT2D eigenvalue weighted by atomic mass is 9.98. The zero-order chi connectivity index (χ0) is 14.0. The van der Waals surface area contributed by atoms with Gasteiger partial charge in [0, 0.05) is 31.7 Å². The molecule has 0 aliphatic heterocycles. The molecule has 1 heterocycles. The van der Waals surface area contributed by atoms with Crippen molar-refractivity contribution in [3.05, 3.63) is 35.5 Å². The highest BCUT2D eigenvalue weighted by atomic mass is 15.1. The third-order valence-electron chi connectivity index (χ3n) is 3.36. The number of benzene rings is 1. The topological polar surface area (TPSA) is 28.2 Å². The minimum atomic E-state index is 0.482. The van der Waals surface area contributed by atoms with Crippen LogP contribution in [0.2, 0.25) is 0 Å². The maximum atomic E-state index is 4.84. The highest BCUT2D eigenvalue weighted by molar-refractivity contribution is 5.94. The number of nitrogens with one attached hydrogen (secondary N) is 1. The minimum absolute atomic E-state index is 0.482. The highest BCUT2D eigenvalue weighted by Crippen LogP contribution is 2.30. The average Bonchev–Trinajstić information content (AvgIpc) is 2.37. The van der Waals surface area contributed by atoms with E-state index in [1.54, 1.807) is 0 Å². The molecule has 102 valence electrons. The van der Waals surface area contributed by atoms with Gasteiger partial charge in [0.05, 0.1) is 11.2 Å². The molecule has 0 amide bonds. The molecule has 0 saturated heterocycles. The van der Waals surface area contributed by atoms with Crippen LogP contribution in [0.15, 0.2) is 24.3 Å². The molecule has 1 aromatic carbocycles. The van der Waals surface area contributed by atoms with Gasteiger partial charge in [-0.25, -0.2) is 0 Å². The SMILES string of the molecule is CNCc1cc(N(C)C)c2cccc(C(C)C)c2n1. The number of anilines is 1. The van der Waals surface area contributed by atoms with Crippen LogP contribution >= 0.6 is 0 Å². The molecule has 0 unspecified atom stereocenters. The predicted molar refractivity (Wildman–Crippen MR) is 82.9 cm³/mol. The predicted octanol–water partition coefficient (Wildman–Crippen LogP) is 3.14. The summed E-state index contributed by atoms with van der Waals surface area (Å²) in [7, 11) is 6.12. The maximum absolute atomic E-state index is 4.84. The normalized spacial score (nSPS) is 11.3. The minimum Gasteiger partial charge on any atom is -0.377 e. The zero-order valence-corrected chi connectivity index (χ0v) is 12.5. The molecule has 0 bridgehead atoms. The van der Waals surface area contributed by atoms with Crippen LogP contribution in [0.25, 0.3) is 10.9 Å². The Balaban J connectivity index is 2.75. The number of para-hydroxylation sites is 1. The molecule has 2 aromatic rings. The number of aromatic nitrogens is 1. The average molecular weight is 257 g/mol.